The quantitative estimate of drug-likeness (QED) is 0.477. The average Bonchev–Trinajstić information content (AvgIpc) is 2.91. The molecule has 28 heavy (non-hydrogen) atoms. The van der Waals surface area contributed by atoms with Crippen LogP contribution in [0.25, 0.3) is 10.9 Å². The van der Waals surface area contributed by atoms with Gasteiger partial charge in [0, 0.05) is 16.6 Å². The Kier molecular flexibility index (Phi) is 5.56. The number of ether oxygens (including phenoxy) is 1. The van der Waals surface area contributed by atoms with Crippen LogP contribution in [0.2, 0.25) is 0 Å². The van der Waals surface area contributed by atoms with Crippen molar-refractivity contribution in [1.82, 2.24) is 4.98 Å². The van der Waals surface area contributed by atoms with Gasteiger partial charge in [-0.1, -0.05) is 12.1 Å². The topological polar surface area (TPSA) is 92.2 Å². The minimum absolute atomic E-state index is 0.0277. The van der Waals surface area contributed by atoms with Crippen LogP contribution >= 0.6 is 12.2 Å². The van der Waals surface area contributed by atoms with E-state index in [4.69, 9.17) is 22.7 Å². The Morgan fingerprint density at radius 1 is 1.14 bits per heavy atom. The molecule has 146 valence electrons. The summed E-state index contributed by atoms with van der Waals surface area (Å²) in [7, 11) is 0. The van der Waals surface area contributed by atoms with Crippen LogP contribution in [-0.4, -0.2) is 22.1 Å². The third-order valence-corrected chi connectivity index (χ3v) is 4.67. The molecular weight excluding hydrogens is 372 g/mol. The van der Waals surface area contributed by atoms with E-state index < -0.39 is 5.91 Å². The van der Waals surface area contributed by atoms with Crippen molar-refractivity contribution in [3.8, 4) is 5.75 Å². The number of primary amides is 1. The zero-order valence-electron chi connectivity index (χ0n) is 16.3. The lowest BCUT2D eigenvalue weighted by molar-refractivity contribution is 0.100. The molecule has 2 aromatic carbocycles. The fourth-order valence-electron chi connectivity index (χ4n) is 3.00. The van der Waals surface area contributed by atoms with Crippen LogP contribution in [0.15, 0.2) is 36.4 Å². The second kappa shape index (κ2) is 7.90. The van der Waals surface area contributed by atoms with Gasteiger partial charge in [-0.25, -0.2) is 0 Å². The molecule has 0 bridgehead atoms. The molecule has 0 aliphatic rings. The number of anilines is 2. The maximum absolute atomic E-state index is 11.5. The number of nitrogens with one attached hydrogen (secondary N) is 3. The van der Waals surface area contributed by atoms with Gasteiger partial charge in [-0.2, -0.15) is 0 Å². The number of amides is 1. The number of carbonyl (C=O) groups is 1. The van der Waals surface area contributed by atoms with Crippen molar-refractivity contribution in [2.24, 2.45) is 5.73 Å². The highest BCUT2D eigenvalue weighted by atomic mass is 32.1. The van der Waals surface area contributed by atoms with E-state index in [1.807, 2.05) is 32.9 Å². The minimum atomic E-state index is -0.514. The molecule has 0 fully saturated rings. The maximum atomic E-state index is 11.5. The van der Waals surface area contributed by atoms with Gasteiger partial charge in [-0.15, -0.1) is 0 Å². The van der Waals surface area contributed by atoms with E-state index in [0.29, 0.717) is 22.1 Å². The average molecular weight is 397 g/mol. The zero-order chi connectivity index (χ0) is 20.4. The van der Waals surface area contributed by atoms with Crippen molar-refractivity contribution in [2.45, 2.75) is 33.8 Å². The van der Waals surface area contributed by atoms with Crippen molar-refractivity contribution >= 4 is 45.5 Å². The van der Waals surface area contributed by atoms with E-state index in [1.165, 1.54) is 5.56 Å². The highest BCUT2D eigenvalue weighted by Crippen LogP contribution is 2.29. The molecule has 1 heterocycles. The summed E-state index contributed by atoms with van der Waals surface area (Å²) in [5.41, 5.74) is 10.5. The Hall–Kier alpha value is -3.06. The summed E-state index contributed by atoms with van der Waals surface area (Å²) in [5, 5.41) is 7.87. The molecule has 6 nitrogen and oxygen atoms in total. The summed E-state index contributed by atoms with van der Waals surface area (Å²) >= 11 is 5.49. The van der Waals surface area contributed by atoms with Gasteiger partial charge in [0.25, 0.3) is 0 Å². The first-order chi connectivity index (χ1) is 13.3. The molecule has 0 saturated carbocycles. The van der Waals surface area contributed by atoms with Crippen LogP contribution in [0.1, 0.15) is 35.5 Å². The Bertz CT molecular complexity index is 1060. The van der Waals surface area contributed by atoms with Gasteiger partial charge in [0.1, 0.15) is 5.75 Å². The number of hydrogen-bond acceptors (Lipinski definition) is 3. The van der Waals surface area contributed by atoms with E-state index in [0.717, 1.165) is 22.3 Å². The van der Waals surface area contributed by atoms with Gasteiger partial charge in [-0.05, 0) is 69.7 Å². The van der Waals surface area contributed by atoms with Gasteiger partial charge in [0.15, 0.2) is 5.11 Å². The Balaban J connectivity index is 1.88. The molecule has 7 heteroatoms. The van der Waals surface area contributed by atoms with Gasteiger partial charge in [-0.3, -0.25) is 4.79 Å². The van der Waals surface area contributed by atoms with E-state index >= 15 is 0 Å². The maximum Gasteiger partial charge on any atom is 0.248 e. The molecule has 5 N–H and O–H groups in total. The number of H-pyrrole nitrogens is 1. The number of aryl methyl sites for hydroxylation is 2. The smallest absolute Gasteiger partial charge is 0.248 e. The summed E-state index contributed by atoms with van der Waals surface area (Å²) in [5.74, 6) is 0.0778. The molecule has 0 spiro atoms. The Morgan fingerprint density at radius 3 is 2.54 bits per heavy atom. The predicted molar refractivity (Wildman–Crippen MR) is 118 cm³/mol. The molecular formula is C21H24N4O2S. The first kappa shape index (κ1) is 19.7. The number of benzene rings is 2. The molecule has 3 rings (SSSR count). The molecule has 0 radical (unpaired) electrons. The molecule has 1 aromatic heterocycles. The standard InChI is InChI=1S/C21H24N4O2S/c1-11(2)27-18-9-8-14(20(22)26)10-17(18)25-21(28)24-16-7-5-6-15-12(3)13(4)23-19(15)16/h5-11,23H,1-4H3,(H2,22,26)(H2,24,25,28). The lowest BCUT2D eigenvalue weighted by Gasteiger charge is -2.17. The van der Waals surface area contributed by atoms with Crippen molar-refractivity contribution in [3.05, 3.63) is 53.2 Å². The molecule has 0 unspecified atom stereocenters. The lowest BCUT2D eigenvalue weighted by atomic mass is 10.1. The Morgan fingerprint density at radius 2 is 1.86 bits per heavy atom. The molecule has 0 atom stereocenters. The summed E-state index contributed by atoms with van der Waals surface area (Å²) < 4.78 is 5.81. The van der Waals surface area contributed by atoms with E-state index in [9.17, 15) is 4.79 Å². The highest BCUT2D eigenvalue weighted by Gasteiger charge is 2.13. The van der Waals surface area contributed by atoms with Crippen molar-refractivity contribution in [3.63, 3.8) is 0 Å². The lowest BCUT2D eigenvalue weighted by Crippen LogP contribution is -2.21. The summed E-state index contributed by atoms with van der Waals surface area (Å²) in [6, 6.07) is 11.0. The van der Waals surface area contributed by atoms with Gasteiger partial charge >= 0.3 is 0 Å². The number of fused-ring (bicyclic) bond motifs is 1. The fourth-order valence-corrected chi connectivity index (χ4v) is 3.22. The zero-order valence-corrected chi connectivity index (χ0v) is 17.2. The van der Waals surface area contributed by atoms with E-state index in [1.54, 1.807) is 18.2 Å². The minimum Gasteiger partial charge on any atom is -0.489 e. The molecule has 0 aliphatic carbocycles. The molecule has 0 aliphatic heterocycles. The molecule has 0 saturated heterocycles. The van der Waals surface area contributed by atoms with Gasteiger partial charge in [0.2, 0.25) is 5.91 Å². The van der Waals surface area contributed by atoms with Crippen LogP contribution < -0.4 is 21.1 Å². The second-order valence-corrected chi connectivity index (χ2v) is 7.33. The third-order valence-electron chi connectivity index (χ3n) is 4.47. The predicted octanol–water partition coefficient (Wildman–Crippen LogP) is 4.48. The Labute approximate surface area is 169 Å². The number of rotatable bonds is 5. The van der Waals surface area contributed by atoms with Crippen molar-refractivity contribution in [1.29, 1.82) is 0 Å². The van der Waals surface area contributed by atoms with Crippen LogP contribution in [0.5, 0.6) is 5.75 Å². The van der Waals surface area contributed by atoms with Gasteiger partial charge < -0.3 is 26.1 Å². The van der Waals surface area contributed by atoms with E-state index in [2.05, 4.69) is 28.6 Å². The number of hydrogen-bond donors (Lipinski definition) is 4. The fraction of sp³-hybridized carbons (Fsp3) is 0.238. The second-order valence-electron chi connectivity index (χ2n) is 6.92. The first-order valence-corrected chi connectivity index (χ1v) is 9.43. The van der Waals surface area contributed by atoms with E-state index in [-0.39, 0.29) is 6.10 Å². The highest BCUT2D eigenvalue weighted by molar-refractivity contribution is 7.80. The number of carbonyl (C=O) groups excluding carboxylic acids is 1. The van der Waals surface area contributed by atoms with Crippen molar-refractivity contribution < 1.29 is 9.53 Å². The monoisotopic (exact) mass is 396 g/mol. The van der Waals surface area contributed by atoms with Crippen molar-refractivity contribution in [2.75, 3.05) is 10.6 Å². The largest absolute Gasteiger partial charge is 0.489 e. The van der Waals surface area contributed by atoms with Crippen LogP contribution in [0.4, 0.5) is 11.4 Å². The summed E-state index contributed by atoms with van der Waals surface area (Å²) in [6.45, 7) is 7.98. The molecule has 1 amide bonds. The number of thiocarbonyl (C=S) groups is 1. The number of nitrogens with two attached hydrogens (primary N) is 1. The summed E-state index contributed by atoms with van der Waals surface area (Å²) in [4.78, 5) is 14.9. The number of aromatic nitrogens is 1. The summed E-state index contributed by atoms with van der Waals surface area (Å²) in [6.07, 6.45) is -0.0277. The molecule has 3 aromatic rings. The SMILES string of the molecule is Cc1[nH]c2c(NC(=S)Nc3cc(C(N)=O)ccc3OC(C)C)cccc2c1C. The number of aromatic amines is 1. The van der Waals surface area contributed by atoms with Crippen LogP contribution in [0.3, 0.4) is 0 Å². The third kappa shape index (κ3) is 4.09. The van der Waals surface area contributed by atoms with Crippen LogP contribution in [-0.2, 0) is 0 Å². The van der Waals surface area contributed by atoms with Crippen LogP contribution in [0, 0.1) is 13.8 Å². The number of para-hydroxylation sites is 1. The first-order valence-electron chi connectivity index (χ1n) is 9.02. The normalized spacial score (nSPS) is 10.9. The van der Waals surface area contributed by atoms with Gasteiger partial charge in [0.05, 0.1) is 23.0 Å².